The summed E-state index contributed by atoms with van der Waals surface area (Å²) in [6.45, 7) is 4.44. The molecule has 0 unspecified atom stereocenters. The van der Waals surface area contributed by atoms with Crippen LogP contribution in [0, 0.1) is 0 Å². The predicted molar refractivity (Wildman–Crippen MR) is 78.7 cm³/mol. The lowest BCUT2D eigenvalue weighted by Crippen LogP contribution is -1.94. The van der Waals surface area contributed by atoms with Gasteiger partial charge in [0.2, 0.25) is 5.88 Å². The van der Waals surface area contributed by atoms with Crippen LogP contribution in [0.1, 0.15) is 36.5 Å². The molecule has 0 aliphatic carbocycles. The summed E-state index contributed by atoms with van der Waals surface area (Å²) in [4.78, 5) is 4.22. The summed E-state index contributed by atoms with van der Waals surface area (Å²) in [6, 6.07) is 12.9. The van der Waals surface area contributed by atoms with E-state index in [-0.39, 0.29) is 0 Å². The van der Waals surface area contributed by atoms with Crippen molar-refractivity contribution in [3.63, 3.8) is 0 Å². The van der Waals surface area contributed by atoms with E-state index in [4.69, 9.17) is 4.74 Å². The Bertz CT molecular complexity index is 500. The quantitative estimate of drug-likeness (QED) is 0.805. The molecule has 0 saturated carbocycles. The van der Waals surface area contributed by atoms with Crippen LogP contribution >= 0.6 is 0 Å². The normalized spacial score (nSPS) is 10.7. The number of benzene rings is 1. The van der Waals surface area contributed by atoms with Crippen LogP contribution in [0.4, 0.5) is 0 Å². The highest BCUT2D eigenvalue weighted by molar-refractivity contribution is 5.26. The number of rotatable bonds is 5. The molecule has 0 N–H and O–H groups in total. The molecule has 2 heteroatoms. The maximum absolute atomic E-state index is 5.06. The van der Waals surface area contributed by atoms with Crippen LogP contribution in [0.5, 0.6) is 5.88 Å². The van der Waals surface area contributed by atoms with Crippen molar-refractivity contribution in [3.8, 4) is 5.88 Å². The molecule has 0 bridgehead atoms. The van der Waals surface area contributed by atoms with E-state index >= 15 is 0 Å². The molecular weight excluding hydrogens is 234 g/mol. The zero-order valence-electron chi connectivity index (χ0n) is 11.9. The molecule has 2 rings (SSSR count). The molecule has 0 spiro atoms. The fraction of sp³-hybridized carbons (Fsp3) is 0.353. The highest BCUT2D eigenvalue weighted by atomic mass is 16.5. The largest absolute Gasteiger partial charge is 0.481 e. The van der Waals surface area contributed by atoms with Gasteiger partial charge in [0.1, 0.15) is 0 Å². The van der Waals surface area contributed by atoms with Gasteiger partial charge < -0.3 is 4.74 Å². The van der Waals surface area contributed by atoms with Crippen LogP contribution in [-0.2, 0) is 12.8 Å². The summed E-state index contributed by atoms with van der Waals surface area (Å²) >= 11 is 0. The summed E-state index contributed by atoms with van der Waals surface area (Å²) in [6.07, 6.45) is 3.95. The second kappa shape index (κ2) is 6.37. The molecule has 0 aliphatic heterocycles. The lowest BCUT2D eigenvalue weighted by Gasteiger charge is -2.07. The minimum Gasteiger partial charge on any atom is -0.481 e. The van der Waals surface area contributed by atoms with Crippen molar-refractivity contribution in [2.24, 2.45) is 0 Å². The maximum Gasteiger partial charge on any atom is 0.212 e. The van der Waals surface area contributed by atoms with Crippen molar-refractivity contribution >= 4 is 0 Å². The Labute approximate surface area is 115 Å². The number of hydrogen-bond acceptors (Lipinski definition) is 2. The molecule has 0 fully saturated rings. The summed E-state index contributed by atoms with van der Waals surface area (Å²) in [7, 11) is 1.64. The van der Waals surface area contributed by atoms with Crippen LogP contribution in [0.3, 0.4) is 0 Å². The molecule has 0 aliphatic rings. The Morgan fingerprint density at radius 2 is 1.58 bits per heavy atom. The summed E-state index contributed by atoms with van der Waals surface area (Å²) in [5.41, 5.74) is 4.02. The van der Waals surface area contributed by atoms with E-state index in [1.165, 1.54) is 16.7 Å². The van der Waals surface area contributed by atoms with Crippen LogP contribution in [-0.4, -0.2) is 12.1 Å². The summed E-state index contributed by atoms with van der Waals surface area (Å²) in [5, 5.41) is 0. The Hall–Kier alpha value is -1.83. The van der Waals surface area contributed by atoms with Crippen LogP contribution in [0.25, 0.3) is 0 Å². The van der Waals surface area contributed by atoms with Gasteiger partial charge in [-0.2, -0.15) is 0 Å². The standard InChI is InChI=1S/C17H21NO/c1-13(2)16-9-6-14(7-10-16)4-5-15-8-11-17(19-3)18-12-15/h6-13H,4-5H2,1-3H3. The first-order chi connectivity index (χ1) is 9.19. The highest BCUT2D eigenvalue weighted by Gasteiger charge is 2.00. The lowest BCUT2D eigenvalue weighted by atomic mass is 9.99. The number of hydrogen-bond donors (Lipinski definition) is 0. The van der Waals surface area contributed by atoms with E-state index in [2.05, 4.69) is 49.2 Å². The fourth-order valence-corrected chi connectivity index (χ4v) is 2.04. The first-order valence-corrected chi connectivity index (χ1v) is 6.77. The van der Waals surface area contributed by atoms with Crippen molar-refractivity contribution in [3.05, 3.63) is 59.3 Å². The molecule has 0 atom stereocenters. The monoisotopic (exact) mass is 255 g/mol. The van der Waals surface area contributed by atoms with E-state index in [9.17, 15) is 0 Å². The molecular formula is C17H21NO. The van der Waals surface area contributed by atoms with Gasteiger partial charge in [0.15, 0.2) is 0 Å². The molecule has 19 heavy (non-hydrogen) atoms. The van der Waals surface area contributed by atoms with E-state index in [1.807, 2.05) is 12.3 Å². The Morgan fingerprint density at radius 3 is 2.11 bits per heavy atom. The highest BCUT2D eigenvalue weighted by Crippen LogP contribution is 2.16. The van der Waals surface area contributed by atoms with Crippen molar-refractivity contribution < 1.29 is 4.74 Å². The number of ether oxygens (including phenoxy) is 1. The van der Waals surface area contributed by atoms with Gasteiger partial charge in [0.05, 0.1) is 7.11 Å². The van der Waals surface area contributed by atoms with Gasteiger partial charge in [0, 0.05) is 12.3 Å². The van der Waals surface area contributed by atoms with Gasteiger partial charge in [0.25, 0.3) is 0 Å². The Morgan fingerprint density at radius 1 is 0.947 bits per heavy atom. The summed E-state index contributed by atoms with van der Waals surface area (Å²) in [5.74, 6) is 1.27. The van der Waals surface area contributed by atoms with Crippen molar-refractivity contribution in [2.45, 2.75) is 32.6 Å². The zero-order valence-corrected chi connectivity index (χ0v) is 11.9. The Balaban J connectivity index is 1.94. The average Bonchev–Trinajstić information content (AvgIpc) is 2.46. The molecule has 1 heterocycles. The van der Waals surface area contributed by atoms with E-state index in [0.717, 1.165) is 12.8 Å². The SMILES string of the molecule is COc1ccc(CCc2ccc(C(C)C)cc2)cn1. The van der Waals surface area contributed by atoms with E-state index in [0.29, 0.717) is 11.8 Å². The number of aromatic nitrogens is 1. The van der Waals surface area contributed by atoms with Gasteiger partial charge in [-0.15, -0.1) is 0 Å². The van der Waals surface area contributed by atoms with Crippen LogP contribution in [0.15, 0.2) is 42.6 Å². The predicted octanol–water partition coefficient (Wildman–Crippen LogP) is 4.00. The molecule has 0 amide bonds. The van der Waals surface area contributed by atoms with Gasteiger partial charge >= 0.3 is 0 Å². The minimum absolute atomic E-state index is 0.597. The fourth-order valence-electron chi connectivity index (χ4n) is 2.04. The first kappa shape index (κ1) is 13.6. The molecule has 1 aromatic heterocycles. The second-order valence-electron chi connectivity index (χ2n) is 5.11. The molecule has 2 aromatic rings. The Kier molecular flexibility index (Phi) is 4.56. The van der Waals surface area contributed by atoms with E-state index in [1.54, 1.807) is 7.11 Å². The minimum atomic E-state index is 0.597. The average molecular weight is 255 g/mol. The zero-order chi connectivity index (χ0) is 13.7. The molecule has 2 nitrogen and oxygen atoms in total. The van der Waals surface area contributed by atoms with Gasteiger partial charge in [-0.3, -0.25) is 0 Å². The molecule has 100 valence electrons. The van der Waals surface area contributed by atoms with Crippen LogP contribution in [0.2, 0.25) is 0 Å². The number of aryl methyl sites for hydroxylation is 2. The van der Waals surface area contributed by atoms with Crippen molar-refractivity contribution in [1.29, 1.82) is 0 Å². The maximum atomic E-state index is 5.06. The topological polar surface area (TPSA) is 22.1 Å². The van der Waals surface area contributed by atoms with Gasteiger partial charge in [-0.1, -0.05) is 44.2 Å². The summed E-state index contributed by atoms with van der Waals surface area (Å²) < 4.78 is 5.06. The third-order valence-electron chi connectivity index (χ3n) is 3.36. The van der Waals surface area contributed by atoms with Gasteiger partial charge in [-0.25, -0.2) is 4.98 Å². The molecule has 0 saturated heterocycles. The first-order valence-electron chi connectivity index (χ1n) is 6.77. The van der Waals surface area contributed by atoms with Crippen LogP contribution < -0.4 is 4.74 Å². The van der Waals surface area contributed by atoms with Crippen molar-refractivity contribution in [2.75, 3.05) is 7.11 Å². The molecule has 0 radical (unpaired) electrons. The second-order valence-corrected chi connectivity index (χ2v) is 5.11. The molecule has 1 aromatic carbocycles. The lowest BCUT2D eigenvalue weighted by molar-refractivity contribution is 0.397. The smallest absolute Gasteiger partial charge is 0.212 e. The number of pyridine rings is 1. The van der Waals surface area contributed by atoms with E-state index < -0.39 is 0 Å². The third-order valence-corrected chi connectivity index (χ3v) is 3.36. The number of methoxy groups -OCH3 is 1. The van der Waals surface area contributed by atoms with Crippen molar-refractivity contribution in [1.82, 2.24) is 4.98 Å². The van der Waals surface area contributed by atoms with Gasteiger partial charge in [-0.05, 0) is 35.4 Å². The number of nitrogens with zero attached hydrogens (tertiary/aromatic N) is 1. The third kappa shape index (κ3) is 3.82.